The lowest BCUT2D eigenvalue weighted by atomic mass is 9.88. The van der Waals surface area contributed by atoms with E-state index >= 15 is 0 Å². The summed E-state index contributed by atoms with van der Waals surface area (Å²) >= 11 is 4.29. The molecule has 0 spiro atoms. The predicted octanol–water partition coefficient (Wildman–Crippen LogP) is 5.22. The van der Waals surface area contributed by atoms with Gasteiger partial charge in [-0.2, -0.15) is 0 Å². The third kappa shape index (κ3) is 4.98. The average molecular weight is 547 g/mol. The Bertz CT molecular complexity index is 1350. The number of thioether (sulfide) groups is 1. The molecule has 0 radical (unpaired) electrons. The van der Waals surface area contributed by atoms with Gasteiger partial charge in [-0.15, -0.1) is 22.7 Å². The third-order valence-electron chi connectivity index (χ3n) is 6.51. The maximum atomic E-state index is 12.9. The minimum Gasteiger partial charge on any atom is -0.462 e. The standard InChI is InChI=1S/C25H30N4O4S3/c1-5-32-23(31)19-13-7-6-12(2)8-15(13)35-22(19)27-17(30)11-34-24-28-20(26)18-14-9-25(3,4)33-10-16(14)36-21(18)29-24/h12H,5-11H2,1-4H3,(H,27,30)(H2,26,28,29)/t12-/m0/s1. The van der Waals surface area contributed by atoms with Crippen molar-refractivity contribution < 1.29 is 19.1 Å². The van der Waals surface area contributed by atoms with Crippen molar-refractivity contribution in [3.8, 4) is 0 Å². The van der Waals surface area contributed by atoms with E-state index in [1.54, 1.807) is 18.3 Å². The maximum Gasteiger partial charge on any atom is 0.341 e. The SMILES string of the molecule is CCOC(=O)c1c(NC(=O)CSc2nc(N)c3c4c(sc3n2)COC(C)(C)C4)sc2c1CC[C@H](C)C2. The molecule has 8 nitrogen and oxygen atoms in total. The lowest BCUT2D eigenvalue weighted by molar-refractivity contribution is -0.113. The Hall–Kier alpha value is -2.21. The minimum atomic E-state index is -0.372. The lowest BCUT2D eigenvalue weighted by Gasteiger charge is -2.30. The Morgan fingerprint density at radius 3 is 2.83 bits per heavy atom. The summed E-state index contributed by atoms with van der Waals surface area (Å²) in [4.78, 5) is 37.9. The van der Waals surface area contributed by atoms with Crippen LogP contribution in [-0.4, -0.2) is 39.8 Å². The number of anilines is 2. The van der Waals surface area contributed by atoms with Crippen LogP contribution in [0, 0.1) is 5.92 Å². The van der Waals surface area contributed by atoms with Gasteiger partial charge in [0.1, 0.15) is 15.6 Å². The highest BCUT2D eigenvalue weighted by Gasteiger charge is 2.31. The van der Waals surface area contributed by atoms with Crippen molar-refractivity contribution in [2.75, 3.05) is 23.4 Å². The number of hydrogen-bond donors (Lipinski definition) is 2. The minimum absolute atomic E-state index is 0.105. The van der Waals surface area contributed by atoms with E-state index < -0.39 is 0 Å². The fourth-order valence-corrected chi connectivity index (χ4v) is 8.00. The molecule has 0 aromatic carbocycles. The summed E-state index contributed by atoms with van der Waals surface area (Å²) in [6.45, 7) is 8.96. The number of fused-ring (bicyclic) bond motifs is 4. The van der Waals surface area contributed by atoms with E-state index in [1.165, 1.54) is 28.7 Å². The molecule has 11 heteroatoms. The molecule has 1 aliphatic carbocycles. The molecule has 0 saturated carbocycles. The quantitative estimate of drug-likeness (QED) is 0.246. The molecule has 1 atom stereocenters. The molecule has 192 valence electrons. The van der Waals surface area contributed by atoms with Crippen LogP contribution in [-0.2, 0) is 40.1 Å². The Balaban J connectivity index is 1.32. The molecule has 3 aromatic heterocycles. The van der Waals surface area contributed by atoms with Gasteiger partial charge in [0.2, 0.25) is 5.91 Å². The van der Waals surface area contributed by atoms with Crippen LogP contribution in [0.4, 0.5) is 10.8 Å². The first-order valence-corrected chi connectivity index (χ1v) is 14.7. The van der Waals surface area contributed by atoms with Crippen LogP contribution < -0.4 is 11.1 Å². The molecule has 5 rings (SSSR count). The fourth-order valence-electron chi connectivity index (χ4n) is 4.77. The van der Waals surface area contributed by atoms with Gasteiger partial charge in [0.15, 0.2) is 5.16 Å². The highest BCUT2D eigenvalue weighted by Crippen LogP contribution is 2.42. The number of esters is 1. The van der Waals surface area contributed by atoms with Gasteiger partial charge in [-0.3, -0.25) is 4.79 Å². The zero-order chi connectivity index (χ0) is 25.6. The highest BCUT2D eigenvalue weighted by atomic mass is 32.2. The van der Waals surface area contributed by atoms with Gasteiger partial charge in [-0.25, -0.2) is 14.8 Å². The van der Waals surface area contributed by atoms with Crippen LogP contribution >= 0.6 is 34.4 Å². The van der Waals surface area contributed by atoms with Crippen LogP contribution in [0.5, 0.6) is 0 Å². The molecule has 0 fully saturated rings. The van der Waals surface area contributed by atoms with Gasteiger partial charge in [-0.1, -0.05) is 18.7 Å². The summed E-state index contributed by atoms with van der Waals surface area (Å²) in [6.07, 6.45) is 3.52. The van der Waals surface area contributed by atoms with Crippen LogP contribution in [0.3, 0.4) is 0 Å². The summed E-state index contributed by atoms with van der Waals surface area (Å²) < 4.78 is 11.2. The molecule has 3 aromatic rings. The summed E-state index contributed by atoms with van der Waals surface area (Å²) in [5.41, 5.74) is 8.80. The van der Waals surface area contributed by atoms with Crippen molar-refractivity contribution in [1.82, 2.24) is 9.97 Å². The van der Waals surface area contributed by atoms with Crippen LogP contribution in [0.25, 0.3) is 10.2 Å². The Labute approximate surface area is 222 Å². The fraction of sp³-hybridized carbons (Fsp3) is 0.520. The molecule has 0 saturated heterocycles. The number of nitrogens with zero attached hydrogens (tertiary/aromatic N) is 2. The van der Waals surface area contributed by atoms with Crippen molar-refractivity contribution >= 4 is 67.3 Å². The summed E-state index contributed by atoms with van der Waals surface area (Å²) in [6, 6.07) is 0. The summed E-state index contributed by atoms with van der Waals surface area (Å²) in [5, 5.41) is 4.88. The molecule has 0 bridgehead atoms. The van der Waals surface area contributed by atoms with Crippen LogP contribution in [0.15, 0.2) is 5.16 Å². The number of nitrogens with one attached hydrogen (secondary N) is 1. The van der Waals surface area contributed by atoms with Gasteiger partial charge in [0.05, 0.1) is 35.5 Å². The maximum absolute atomic E-state index is 12.9. The van der Waals surface area contributed by atoms with E-state index in [2.05, 4.69) is 36.1 Å². The summed E-state index contributed by atoms with van der Waals surface area (Å²) in [5.74, 6) is 0.502. The molecular weight excluding hydrogens is 517 g/mol. The van der Waals surface area contributed by atoms with Crippen molar-refractivity contribution in [3.63, 3.8) is 0 Å². The molecule has 36 heavy (non-hydrogen) atoms. The number of nitrogen functional groups attached to an aromatic ring is 1. The predicted molar refractivity (Wildman–Crippen MR) is 145 cm³/mol. The number of carbonyl (C=O) groups is 2. The molecular formula is C25H30N4O4S3. The molecule has 1 aliphatic heterocycles. The smallest absolute Gasteiger partial charge is 0.341 e. The van der Waals surface area contributed by atoms with Crippen LogP contribution in [0.2, 0.25) is 0 Å². The lowest BCUT2D eigenvalue weighted by Crippen LogP contribution is -2.31. The van der Waals surface area contributed by atoms with E-state index in [1.807, 2.05) is 0 Å². The van der Waals surface area contributed by atoms with Gasteiger partial charge >= 0.3 is 5.97 Å². The number of nitrogens with two attached hydrogens (primary N) is 1. The first-order valence-electron chi connectivity index (χ1n) is 12.1. The zero-order valence-electron chi connectivity index (χ0n) is 20.9. The van der Waals surface area contributed by atoms with E-state index in [9.17, 15) is 9.59 Å². The Kier molecular flexibility index (Phi) is 7.01. The first-order chi connectivity index (χ1) is 17.1. The number of hydrogen-bond acceptors (Lipinski definition) is 10. The first kappa shape index (κ1) is 25.4. The number of amides is 1. The van der Waals surface area contributed by atoms with Gasteiger partial charge < -0.3 is 20.5 Å². The van der Waals surface area contributed by atoms with Crippen molar-refractivity contribution in [3.05, 3.63) is 26.4 Å². The topological polar surface area (TPSA) is 116 Å². The zero-order valence-corrected chi connectivity index (χ0v) is 23.3. The average Bonchev–Trinajstić information content (AvgIpc) is 3.34. The van der Waals surface area contributed by atoms with Crippen molar-refractivity contribution in [2.45, 2.75) is 70.7 Å². The monoisotopic (exact) mass is 546 g/mol. The molecule has 2 aliphatic rings. The van der Waals surface area contributed by atoms with E-state index in [0.29, 0.717) is 40.7 Å². The van der Waals surface area contributed by atoms with Gasteiger partial charge in [0.25, 0.3) is 0 Å². The van der Waals surface area contributed by atoms with E-state index in [4.69, 9.17) is 15.2 Å². The second kappa shape index (κ2) is 9.92. The van der Waals surface area contributed by atoms with Gasteiger partial charge in [0, 0.05) is 16.2 Å². The molecule has 0 unspecified atom stereocenters. The largest absolute Gasteiger partial charge is 0.462 e. The Morgan fingerprint density at radius 1 is 1.25 bits per heavy atom. The number of rotatable bonds is 6. The molecule has 4 heterocycles. The van der Waals surface area contributed by atoms with Crippen LogP contribution in [0.1, 0.15) is 65.4 Å². The highest BCUT2D eigenvalue weighted by molar-refractivity contribution is 7.99. The number of carbonyl (C=O) groups excluding carboxylic acids is 2. The normalized spacial score (nSPS) is 18.5. The van der Waals surface area contributed by atoms with Crippen molar-refractivity contribution in [1.29, 1.82) is 0 Å². The number of ether oxygens (including phenoxy) is 2. The second-order valence-corrected chi connectivity index (χ2v) is 13.0. The number of thiophene rings is 2. The molecule has 3 N–H and O–H groups in total. The van der Waals surface area contributed by atoms with E-state index in [-0.39, 0.29) is 23.2 Å². The van der Waals surface area contributed by atoms with Gasteiger partial charge in [-0.05, 0) is 57.1 Å². The third-order valence-corrected chi connectivity index (χ3v) is 9.63. The second-order valence-electron chi connectivity index (χ2n) is 9.91. The summed E-state index contributed by atoms with van der Waals surface area (Å²) in [7, 11) is 0. The van der Waals surface area contributed by atoms with Crippen molar-refractivity contribution in [2.24, 2.45) is 5.92 Å². The Morgan fingerprint density at radius 2 is 2.06 bits per heavy atom. The molecule has 1 amide bonds. The number of aromatic nitrogens is 2. The van der Waals surface area contributed by atoms with E-state index in [0.717, 1.165) is 51.2 Å².